The van der Waals surface area contributed by atoms with Crippen LogP contribution in [0.3, 0.4) is 0 Å². The minimum atomic E-state index is -0.187. The van der Waals surface area contributed by atoms with E-state index in [1.165, 1.54) is 0 Å². The van der Waals surface area contributed by atoms with Gasteiger partial charge in [0.1, 0.15) is 0 Å². The molecule has 2 aromatic heterocycles. The first-order valence-corrected chi connectivity index (χ1v) is 10.8. The summed E-state index contributed by atoms with van der Waals surface area (Å²) in [5.41, 5.74) is 3.34. The second-order valence-corrected chi connectivity index (χ2v) is 7.69. The van der Waals surface area contributed by atoms with Crippen LogP contribution in [-0.4, -0.2) is 20.1 Å². The number of rotatable bonds is 7. The lowest BCUT2D eigenvalue weighted by Crippen LogP contribution is -2.24. The molecule has 0 N–H and O–H groups in total. The first kappa shape index (κ1) is 22.0. The summed E-state index contributed by atoms with van der Waals surface area (Å²) >= 11 is 0. The first-order valence-electron chi connectivity index (χ1n) is 10.8. The van der Waals surface area contributed by atoms with E-state index in [1.54, 1.807) is 33.7 Å². The van der Waals surface area contributed by atoms with Crippen LogP contribution in [0.25, 0.3) is 16.6 Å². The van der Waals surface area contributed by atoms with E-state index < -0.39 is 0 Å². The highest BCUT2D eigenvalue weighted by molar-refractivity contribution is 5.81. The Hall–Kier alpha value is -4.19. The van der Waals surface area contributed by atoms with Gasteiger partial charge in [0.05, 0.1) is 35.4 Å². The molecule has 4 rings (SSSR count). The number of para-hydroxylation sites is 1. The molecule has 33 heavy (non-hydrogen) atoms. The number of aliphatic imine (C=N–C) groups is 1. The van der Waals surface area contributed by atoms with Crippen molar-refractivity contribution in [1.82, 2.24) is 13.9 Å². The molecule has 0 saturated carbocycles. The van der Waals surface area contributed by atoms with Gasteiger partial charge in [-0.1, -0.05) is 61.2 Å². The molecule has 6 nitrogen and oxygen atoms in total. The van der Waals surface area contributed by atoms with Gasteiger partial charge in [-0.15, -0.1) is 0 Å². The maximum atomic E-state index is 13.7. The van der Waals surface area contributed by atoms with Gasteiger partial charge in [-0.3, -0.25) is 19.3 Å². The number of aryl methyl sites for hydroxylation is 1. The van der Waals surface area contributed by atoms with E-state index in [2.05, 4.69) is 11.6 Å². The van der Waals surface area contributed by atoms with E-state index >= 15 is 0 Å². The van der Waals surface area contributed by atoms with Gasteiger partial charge < -0.3 is 4.57 Å². The first-order chi connectivity index (χ1) is 16.0. The largest absolute Gasteiger partial charge is 0.306 e. The Kier molecular flexibility index (Phi) is 6.36. The van der Waals surface area contributed by atoms with Gasteiger partial charge in [-0.2, -0.15) is 0 Å². The zero-order valence-electron chi connectivity index (χ0n) is 18.8. The van der Waals surface area contributed by atoms with Crippen molar-refractivity contribution in [3.05, 3.63) is 123 Å². The maximum Gasteiger partial charge on any atom is 0.281 e. The van der Waals surface area contributed by atoms with Crippen molar-refractivity contribution < 1.29 is 0 Å². The Labute approximate surface area is 192 Å². The smallest absolute Gasteiger partial charge is 0.281 e. The molecule has 0 spiro atoms. The zero-order valence-corrected chi connectivity index (χ0v) is 18.8. The van der Waals surface area contributed by atoms with Crippen LogP contribution in [0.1, 0.15) is 18.2 Å². The van der Waals surface area contributed by atoms with Crippen LogP contribution in [0.5, 0.6) is 0 Å². The predicted octanol–water partition coefficient (Wildman–Crippen LogP) is 4.47. The Morgan fingerprint density at radius 2 is 1.70 bits per heavy atom. The molecule has 6 heteroatoms. The molecule has 2 aromatic carbocycles. The molecule has 0 amide bonds. The Morgan fingerprint density at radius 3 is 2.33 bits per heavy atom. The Bertz CT molecular complexity index is 1470. The van der Waals surface area contributed by atoms with Crippen molar-refractivity contribution in [2.24, 2.45) is 4.99 Å². The quantitative estimate of drug-likeness (QED) is 0.316. The van der Waals surface area contributed by atoms with Crippen LogP contribution in [0.15, 0.2) is 106 Å². The summed E-state index contributed by atoms with van der Waals surface area (Å²) in [5.74, 6) is 0. The number of aromatic nitrogens is 3. The second kappa shape index (κ2) is 9.53. The number of nitrogens with zero attached hydrogens (tertiary/aromatic N) is 4. The van der Waals surface area contributed by atoms with Gasteiger partial charge in [0.2, 0.25) is 0 Å². The van der Waals surface area contributed by atoms with Crippen molar-refractivity contribution in [3.8, 4) is 5.69 Å². The minimum Gasteiger partial charge on any atom is -0.306 e. The third kappa shape index (κ3) is 4.28. The van der Waals surface area contributed by atoms with Crippen molar-refractivity contribution in [2.45, 2.75) is 26.9 Å². The third-order valence-corrected chi connectivity index (χ3v) is 5.58. The minimum absolute atomic E-state index is 0.161. The van der Waals surface area contributed by atoms with Crippen molar-refractivity contribution >= 4 is 17.1 Å². The SMILES string of the molecule is C=C/C=C(Cn1c(C)c2c(=O)n(-c3ccccc3)n(Cc3ccccc3)c2cc1=O)\N=C/C. The van der Waals surface area contributed by atoms with Gasteiger partial charge in [0, 0.05) is 18.0 Å². The molecule has 0 radical (unpaired) electrons. The van der Waals surface area contributed by atoms with Gasteiger partial charge in [0.25, 0.3) is 11.1 Å². The standard InChI is InChI=1S/C27H26N4O2/c1-4-12-22(28-5-2)19-29-20(3)26-24(17-25(29)32)30(18-21-13-8-6-9-14-21)31(27(26)33)23-15-10-7-11-16-23/h4-17H,1,18-19H2,2-3H3/b22-12-,28-5-. The van der Waals surface area contributed by atoms with E-state index in [0.29, 0.717) is 28.8 Å². The number of allylic oxidation sites excluding steroid dienone is 3. The number of hydrogen-bond donors (Lipinski definition) is 0. The summed E-state index contributed by atoms with van der Waals surface area (Å²) in [6.45, 7) is 8.07. The Morgan fingerprint density at radius 1 is 1.03 bits per heavy atom. The maximum absolute atomic E-state index is 13.7. The fourth-order valence-corrected chi connectivity index (χ4v) is 4.08. The second-order valence-electron chi connectivity index (χ2n) is 7.69. The summed E-state index contributed by atoms with van der Waals surface area (Å²) < 4.78 is 5.12. The lowest BCUT2D eigenvalue weighted by Gasteiger charge is -2.14. The van der Waals surface area contributed by atoms with E-state index in [-0.39, 0.29) is 17.7 Å². The molecule has 166 valence electrons. The average Bonchev–Trinajstić information content (AvgIpc) is 3.09. The van der Waals surface area contributed by atoms with Crippen molar-refractivity contribution in [1.29, 1.82) is 0 Å². The fraction of sp³-hybridized carbons (Fsp3) is 0.148. The molecule has 0 saturated heterocycles. The van der Waals surface area contributed by atoms with Crippen LogP contribution in [0.2, 0.25) is 0 Å². The summed E-state index contributed by atoms with van der Waals surface area (Å²) in [6.07, 6.45) is 5.08. The summed E-state index contributed by atoms with van der Waals surface area (Å²) in [4.78, 5) is 31.3. The lowest BCUT2D eigenvalue weighted by molar-refractivity contribution is 0.612. The summed E-state index contributed by atoms with van der Waals surface area (Å²) in [5, 5.41) is 0.521. The van der Waals surface area contributed by atoms with E-state index in [0.717, 1.165) is 11.3 Å². The van der Waals surface area contributed by atoms with Crippen LogP contribution >= 0.6 is 0 Å². The van der Waals surface area contributed by atoms with Gasteiger partial charge in [-0.25, -0.2) is 4.68 Å². The zero-order chi connectivity index (χ0) is 23.4. The lowest BCUT2D eigenvalue weighted by atomic mass is 10.2. The van der Waals surface area contributed by atoms with Crippen LogP contribution in [0.4, 0.5) is 0 Å². The highest BCUT2D eigenvalue weighted by Crippen LogP contribution is 2.19. The highest BCUT2D eigenvalue weighted by Gasteiger charge is 2.20. The Balaban J connectivity index is 2.00. The van der Waals surface area contributed by atoms with Crippen LogP contribution in [-0.2, 0) is 13.1 Å². The van der Waals surface area contributed by atoms with Gasteiger partial charge in [-0.05, 0) is 37.6 Å². The van der Waals surface area contributed by atoms with Crippen LogP contribution in [0, 0.1) is 6.92 Å². The number of fused-ring (bicyclic) bond motifs is 1. The molecule has 0 aliphatic carbocycles. The highest BCUT2D eigenvalue weighted by atomic mass is 16.1. The molecular weight excluding hydrogens is 412 g/mol. The molecule has 0 unspecified atom stereocenters. The van der Waals surface area contributed by atoms with E-state index in [1.807, 2.05) is 79.2 Å². The van der Waals surface area contributed by atoms with Gasteiger partial charge in [0.15, 0.2) is 0 Å². The third-order valence-electron chi connectivity index (χ3n) is 5.58. The normalized spacial score (nSPS) is 12.0. The van der Waals surface area contributed by atoms with E-state index in [4.69, 9.17) is 0 Å². The fourth-order valence-electron chi connectivity index (χ4n) is 4.08. The summed E-state index contributed by atoms with van der Waals surface area (Å²) in [6, 6.07) is 20.9. The average molecular weight is 439 g/mol. The van der Waals surface area contributed by atoms with Crippen molar-refractivity contribution in [2.75, 3.05) is 0 Å². The van der Waals surface area contributed by atoms with Crippen molar-refractivity contribution in [3.63, 3.8) is 0 Å². The molecule has 0 bridgehead atoms. The number of pyridine rings is 1. The van der Waals surface area contributed by atoms with Gasteiger partial charge >= 0.3 is 0 Å². The molecule has 0 atom stereocenters. The molecule has 0 aliphatic rings. The van der Waals surface area contributed by atoms with E-state index in [9.17, 15) is 9.59 Å². The molecule has 4 aromatic rings. The number of benzene rings is 2. The molecule has 2 heterocycles. The topological polar surface area (TPSA) is 61.3 Å². The molecular formula is C27H26N4O2. The molecule has 0 aliphatic heterocycles. The monoisotopic (exact) mass is 438 g/mol. The van der Waals surface area contributed by atoms with Crippen LogP contribution < -0.4 is 11.1 Å². The summed E-state index contributed by atoms with van der Waals surface area (Å²) in [7, 11) is 0. The predicted molar refractivity (Wildman–Crippen MR) is 135 cm³/mol. The molecule has 0 fully saturated rings. The number of hydrogen-bond acceptors (Lipinski definition) is 3.